The number of nitro benzene ring substituents is 1. The summed E-state index contributed by atoms with van der Waals surface area (Å²) in [7, 11) is 0. The number of amides is 2. The SMILES string of the molecule is CC[C@H](C(=O)NC(C)(C)C)N(Cc1ccc(C)cc1)C(=O)CSCc1ccc([N+](=O)[O-])cc1. The van der Waals surface area contributed by atoms with Crippen molar-refractivity contribution < 1.29 is 14.5 Å². The normalized spacial score (nSPS) is 12.2. The second kappa shape index (κ2) is 11.8. The lowest BCUT2D eigenvalue weighted by Crippen LogP contribution is -2.53. The molecule has 0 saturated carbocycles. The van der Waals surface area contributed by atoms with Crippen molar-refractivity contribution in [3.63, 3.8) is 0 Å². The smallest absolute Gasteiger partial charge is 0.269 e. The number of hydrogen-bond donors (Lipinski definition) is 1. The maximum Gasteiger partial charge on any atom is 0.269 e. The summed E-state index contributed by atoms with van der Waals surface area (Å²) in [6.45, 7) is 10.0. The van der Waals surface area contributed by atoms with Gasteiger partial charge in [-0.2, -0.15) is 0 Å². The van der Waals surface area contributed by atoms with Crippen molar-refractivity contribution in [3.05, 3.63) is 75.3 Å². The van der Waals surface area contributed by atoms with Gasteiger partial charge in [-0.15, -0.1) is 11.8 Å². The molecule has 178 valence electrons. The van der Waals surface area contributed by atoms with Crippen molar-refractivity contribution >= 4 is 29.3 Å². The van der Waals surface area contributed by atoms with E-state index in [9.17, 15) is 19.7 Å². The average Bonchev–Trinajstić information content (AvgIpc) is 2.74. The number of hydrogen-bond acceptors (Lipinski definition) is 5. The Morgan fingerprint density at radius 3 is 2.15 bits per heavy atom. The monoisotopic (exact) mass is 471 g/mol. The minimum atomic E-state index is -0.571. The number of thioether (sulfide) groups is 1. The van der Waals surface area contributed by atoms with E-state index in [1.54, 1.807) is 17.0 Å². The Kier molecular flexibility index (Phi) is 9.46. The third kappa shape index (κ3) is 8.53. The molecule has 1 atom stereocenters. The van der Waals surface area contributed by atoms with Gasteiger partial charge in [0.1, 0.15) is 6.04 Å². The van der Waals surface area contributed by atoms with E-state index in [-0.39, 0.29) is 23.3 Å². The summed E-state index contributed by atoms with van der Waals surface area (Å²) in [4.78, 5) is 38.3. The first kappa shape index (κ1) is 26.4. The van der Waals surface area contributed by atoms with Gasteiger partial charge in [-0.25, -0.2) is 0 Å². The largest absolute Gasteiger partial charge is 0.350 e. The van der Waals surface area contributed by atoms with Crippen LogP contribution >= 0.6 is 11.8 Å². The summed E-state index contributed by atoms with van der Waals surface area (Å²) < 4.78 is 0. The fraction of sp³-hybridized carbons (Fsp3) is 0.440. The summed E-state index contributed by atoms with van der Waals surface area (Å²) in [6, 6.07) is 13.7. The number of nitrogens with zero attached hydrogens (tertiary/aromatic N) is 2. The summed E-state index contributed by atoms with van der Waals surface area (Å²) in [5.41, 5.74) is 2.65. The van der Waals surface area contributed by atoms with E-state index >= 15 is 0 Å². The van der Waals surface area contributed by atoms with E-state index in [2.05, 4.69) is 5.32 Å². The van der Waals surface area contributed by atoms with Crippen molar-refractivity contribution in [2.75, 3.05) is 5.75 Å². The molecule has 0 heterocycles. The highest BCUT2D eigenvalue weighted by Crippen LogP contribution is 2.20. The molecule has 8 heteroatoms. The van der Waals surface area contributed by atoms with Crippen LogP contribution in [-0.4, -0.2) is 39.0 Å². The standard InChI is InChI=1S/C25H33N3O4S/c1-6-22(24(30)26-25(3,4)5)27(15-19-9-7-18(2)8-10-19)23(29)17-33-16-20-11-13-21(14-12-20)28(31)32/h7-14,22H,6,15-17H2,1-5H3,(H,26,30)/t22-/m1/s1. The third-order valence-electron chi connectivity index (χ3n) is 5.00. The van der Waals surface area contributed by atoms with Crippen LogP contribution in [-0.2, 0) is 21.9 Å². The number of aryl methyl sites for hydroxylation is 1. The van der Waals surface area contributed by atoms with E-state index in [0.717, 1.165) is 16.7 Å². The topological polar surface area (TPSA) is 92.6 Å². The molecule has 0 aromatic heterocycles. The van der Waals surface area contributed by atoms with Crippen LogP contribution in [0.2, 0.25) is 0 Å². The first-order chi connectivity index (χ1) is 15.5. The molecule has 0 radical (unpaired) electrons. The van der Waals surface area contributed by atoms with Gasteiger partial charge in [0.15, 0.2) is 0 Å². The molecular weight excluding hydrogens is 438 g/mol. The maximum atomic E-state index is 13.3. The minimum absolute atomic E-state index is 0.0414. The molecule has 0 aliphatic carbocycles. The molecule has 0 saturated heterocycles. The predicted octanol–water partition coefficient (Wildman–Crippen LogP) is 4.86. The molecule has 0 bridgehead atoms. The van der Waals surface area contributed by atoms with Gasteiger partial charge >= 0.3 is 0 Å². The molecule has 2 aromatic carbocycles. The molecular formula is C25H33N3O4S. The summed E-state index contributed by atoms with van der Waals surface area (Å²) in [5, 5.41) is 13.8. The molecule has 1 N–H and O–H groups in total. The first-order valence-corrected chi connectivity index (χ1v) is 12.1. The van der Waals surface area contributed by atoms with Gasteiger partial charge in [-0.05, 0) is 45.2 Å². The molecule has 33 heavy (non-hydrogen) atoms. The van der Waals surface area contributed by atoms with E-state index in [1.165, 1.54) is 23.9 Å². The number of nitrogens with one attached hydrogen (secondary N) is 1. The quantitative estimate of drug-likeness (QED) is 0.395. The van der Waals surface area contributed by atoms with Gasteiger partial charge in [-0.3, -0.25) is 19.7 Å². The highest BCUT2D eigenvalue weighted by Gasteiger charge is 2.30. The van der Waals surface area contributed by atoms with Crippen LogP contribution in [0.15, 0.2) is 48.5 Å². The zero-order valence-corrected chi connectivity index (χ0v) is 20.8. The summed E-state index contributed by atoms with van der Waals surface area (Å²) >= 11 is 1.43. The first-order valence-electron chi connectivity index (χ1n) is 11.0. The van der Waals surface area contributed by atoms with Crippen LogP contribution < -0.4 is 5.32 Å². The van der Waals surface area contributed by atoms with E-state index < -0.39 is 16.5 Å². The van der Waals surface area contributed by atoms with Crippen LogP contribution in [0.4, 0.5) is 5.69 Å². The van der Waals surface area contributed by atoms with Crippen molar-refractivity contribution in [2.24, 2.45) is 0 Å². The zero-order valence-electron chi connectivity index (χ0n) is 20.0. The Hall–Kier alpha value is -2.87. The minimum Gasteiger partial charge on any atom is -0.350 e. The molecule has 0 aliphatic heterocycles. The molecule has 2 amide bonds. The number of non-ortho nitro benzene ring substituents is 1. The Morgan fingerprint density at radius 2 is 1.64 bits per heavy atom. The lowest BCUT2D eigenvalue weighted by atomic mass is 10.1. The molecule has 7 nitrogen and oxygen atoms in total. The van der Waals surface area contributed by atoms with Crippen LogP contribution in [0.1, 0.15) is 50.8 Å². The number of carbonyl (C=O) groups excluding carboxylic acids is 2. The second-order valence-corrected chi connectivity index (χ2v) is 10.1. The lowest BCUT2D eigenvalue weighted by Gasteiger charge is -2.33. The lowest BCUT2D eigenvalue weighted by molar-refractivity contribution is -0.384. The van der Waals surface area contributed by atoms with Crippen molar-refractivity contribution in [3.8, 4) is 0 Å². The van der Waals surface area contributed by atoms with Gasteiger partial charge in [0.25, 0.3) is 5.69 Å². The van der Waals surface area contributed by atoms with Crippen LogP contribution in [0.25, 0.3) is 0 Å². The molecule has 0 spiro atoms. The number of nitro groups is 1. The van der Waals surface area contributed by atoms with E-state index in [0.29, 0.717) is 18.7 Å². The van der Waals surface area contributed by atoms with Gasteiger partial charge in [0.05, 0.1) is 10.7 Å². The Morgan fingerprint density at radius 1 is 1.06 bits per heavy atom. The molecule has 0 unspecified atom stereocenters. The van der Waals surface area contributed by atoms with Crippen LogP contribution in [0.3, 0.4) is 0 Å². The van der Waals surface area contributed by atoms with Crippen molar-refractivity contribution in [1.82, 2.24) is 10.2 Å². The molecule has 2 rings (SSSR count). The highest BCUT2D eigenvalue weighted by molar-refractivity contribution is 7.99. The second-order valence-electron chi connectivity index (χ2n) is 9.09. The summed E-state index contributed by atoms with van der Waals surface area (Å²) in [6.07, 6.45) is 0.506. The Labute approximate surface area is 200 Å². The van der Waals surface area contributed by atoms with E-state index in [4.69, 9.17) is 0 Å². The van der Waals surface area contributed by atoms with Crippen LogP contribution in [0.5, 0.6) is 0 Å². The van der Waals surface area contributed by atoms with Crippen molar-refractivity contribution in [2.45, 2.75) is 64.9 Å². The third-order valence-corrected chi connectivity index (χ3v) is 5.99. The average molecular weight is 472 g/mol. The van der Waals surface area contributed by atoms with Gasteiger partial charge in [0.2, 0.25) is 11.8 Å². The Bertz CT molecular complexity index is 953. The zero-order chi connectivity index (χ0) is 24.6. The maximum absolute atomic E-state index is 13.3. The highest BCUT2D eigenvalue weighted by atomic mass is 32.2. The van der Waals surface area contributed by atoms with Gasteiger partial charge in [0, 0.05) is 30.0 Å². The fourth-order valence-corrected chi connectivity index (χ4v) is 4.19. The van der Waals surface area contributed by atoms with Gasteiger partial charge < -0.3 is 10.2 Å². The van der Waals surface area contributed by atoms with E-state index in [1.807, 2.05) is 58.9 Å². The molecule has 0 fully saturated rings. The molecule has 0 aliphatic rings. The van der Waals surface area contributed by atoms with Crippen LogP contribution in [0, 0.1) is 17.0 Å². The summed E-state index contributed by atoms with van der Waals surface area (Å²) in [5.74, 6) is 0.485. The molecule has 2 aromatic rings. The van der Waals surface area contributed by atoms with Crippen molar-refractivity contribution in [1.29, 1.82) is 0 Å². The number of rotatable bonds is 10. The predicted molar refractivity (Wildman–Crippen MR) is 133 cm³/mol. The number of benzene rings is 2. The fourth-order valence-electron chi connectivity index (χ4n) is 3.32. The van der Waals surface area contributed by atoms with Gasteiger partial charge in [-0.1, -0.05) is 48.9 Å². The Balaban J connectivity index is 2.12. The number of carbonyl (C=O) groups is 2.